The Kier molecular flexibility index (Phi) is 10.6. The molecule has 0 radical (unpaired) electrons. The van der Waals surface area contributed by atoms with Gasteiger partial charge in [0.05, 0.1) is 13.5 Å². The first-order valence-corrected chi connectivity index (χ1v) is 11.0. The molecule has 1 aromatic carbocycles. The molecule has 6 nitrogen and oxygen atoms in total. The van der Waals surface area contributed by atoms with Gasteiger partial charge in [0.1, 0.15) is 12.4 Å². The molecule has 1 aliphatic heterocycles. The minimum Gasteiger partial charge on any atom is -0.496 e. The van der Waals surface area contributed by atoms with Crippen LogP contribution >= 0.6 is 0 Å². The highest BCUT2D eigenvalue weighted by Gasteiger charge is 2.23. The van der Waals surface area contributed by atoms with E-state index in [0.29, 0.717) is 0 Å². The van der Waals surface area contributed by atoms with Crippen molar-refractivity contribution in [1.29, 1.82) is 0 Å². The van der Waals surface area contributed by atoms with Gasteiger partial charge >= 0.3 is 5.97 Å². The summed E-state index contributed by atoms with van der Waals surface area (Å²) in [7, 11) is 1.64. The van der Waals surface area contributed by atoms with Crippen LogP contribution in [0.3, 0.4) is 0 Å². The number of benzene rings is 1. The Morgan fingerprint density at radius 3 is 2.42 bits per heavy atom. The second-order valence-corrected chi connectivity index (χ2v) is 7.77. The van der Waals surface area contributed by atoms with E-state index in [9.17, 15) is 14.4 Å². The summed E-state index contributed by atoms with van der Waals surface area (Å²) >= 11 is 0. The Hall–Kier alpha value is -2.89. The molecule has 0 atom stereocenters. The lowest BCUT2D eigenvalue weighted by atomic mass is 10.0. The van der Waals surface area contributed by atoms with E-state index in [1.807, 2.05) is 24.3 Å². The van der Waals surface area contributed by atoms with Gasteiger partial charge < -0.3 is 9.47 Å². The molecule has 0 unspecified atom stereocenters. The van der Waals surface area contributed by atoms with Crippen molar-refractivity contribution < 1.29 is 23.9 Å². The minimum atomic E-state index is -0.552. The lowest BCUT2D eigenvalue weighted by Gasteiger charge is -2.11. The van der Waals surface area contributed by atoms with E-state index in [-0.39, 0.29) is 18.6 Å². The standard InChI is InChI=1S/C25H33NO5/c1-3-4-5-6-7-8-9-10-11-12-20-14-13-19(15-22(20)30-2)18-31-24(28)17-21-16-23(27)26-25(21)29/h3,13-16H,1,4-12,17-18H2,2H3,(H,26,27,29). The molecular weight excluding hydrogens is 394 g/mol. The Balaban J connectivity index is 1.71. The number of carbonyl (C=O) groups is 3. The fraction of sp³-hybridized carbons (Fsp3) is 0.480. The van der Waals surface area contributed by atoms with E-state index < -0.39 is 17.8 Å². The van der Waals surface area contributed by atoms with Crippen LogP contribution in [-0.4, -0.2) is 24.9 Å². The largest absolute Gasteiger partial charge is 0.496 e. The molecule has 0 bridgehead atoms. The molecular formula is C25H33NO5. The zero-order chi connectivity index (χ0) is 22.5. The summed E-state index contributed by atoms with van der Waals surface area (Å²) in [6.07, 6.45) is 13.7. The van der Waals surface area contributed by atoms with E-state index in [1.54, 1.807) is 7.11 Å². The van der Waals surface area contributed by atoms with E-state index >= 15 is 0 Å². The van der Waals surface area contributed by atoms with Crippen molar-refractivity contribution in [3.05, 3.63) is 53.6 Å². The van der Waals surface area contributed by atoms with Gasteiger partial charge in [-0.25, -0.2) is 0 Å². The van der Waals surface area contributed by atoms with E-state index in [4.69, 9.17) is 9.47 Å². The second kappa shape index (κ2) is 13.4. The molecule has 1 aromatic rings. The zero-order valence-corrected chi connectivity index (χ0v) is 18.4. The van der Waals surface area contributed by atoms with Crippen molar-refractivity contribution in [3.63, 3.8) is 0 Å². The van der Waals surface area contributed by atoms with E-state index in [2.05, 4.69) is 11.9 Å². The molecule has 0 aliphatic carbocycles. The number of hydrogen-bond acceptors (Lipinski definition) is 5. The fourth-order valence-corrected chi connectivity index (χ4v) is 3.53. The lowest BCUT2D eigenvalue weighted by Crippen LogP contribution is -2.23. The summed E-state index contributed by atoms with van der Waals surface area (Å²) in [6.45, 7) is 3.84. The maximum absolute atomic E-state index is 12.0. The van der Waals surface area contributed by atoms with Gasteiger partial charge in [-0.1, -0.05) is 50.3 Å². The highest BCUT2D eigenvalue weighted by molar-refractivity contribution is 6.17. The van der Waals surface area contributed by atoms with Gasteiger partial charge in [0.15, 0.2) is 0 Å². The monoisotopic (exact) mass is 427 g/mol. The van der Waals surface area contributed by atoms with Crippen LogP contribution < -0.4 is 10.1 Å². The number of aryl methyl sites for hydroxylation is 1. The predicted octanol–water partition coefficient (Wildman–Crippen LogP) is 4.56. The number of unbranched alkanes of at least 4 members (excludes halogenated alkanes) is 7. The molecule has 1 aliphatic rings. The van der Waals surface area contributed by atoms with E-state index in [0.717, 1.165) is 42.2 Å². The summed E-state index contributed by atoms with van der Waals surface area (Å²) in [6, 6.07) is 5.83. The minimum absolute atomic E-state index is 0.0875. The maximum atomic E-state index is 12.0. The molecule has 0 aromatic heterocycles. The first kappa shape index (κ1) is 24.4. The molecule has 0 saturated heterocycles. The highest BCUT2D eigenvalue weighted by atomic mass is 16.5. The van der Waals surface area contributed by atoms with Crippen molar-refractivity contribution in [2.45, 2.75) is 70.8 Å². The van der Waals surface area contributed by atoms with E-state index in [1.165, 1.54) is 38.5 Å². The number of rotatable bonds is 15. The maximum Gasteiger partial charge on any atom is 0.310 e. The summed E-state index contributed by atoms with van der Waals surface area (Å²) in [5.74, 6) is -0.803. The molecule has 1 heterocycles. The Bertz CT molecular complexity index is 812. The van der Waals surface area contributed by atoms with Crippen molar-refractivity contribution in [3.8, 4) is 5.75 Å². The number of imide groups is 1. The molecule has 2 rings (SSSR count). The number of hydrogen-bond donors (Lipinski definition) is 1. The van der Waals surface area contributed by atoms with Crippen LogP contribution in [0.25, 0.3) is 0 Å². The number of amides is 2. The van der Waals surface area contributed by atoms with Crippen LogP contribution in [0, 0.1) is 0 Å². The SMILES string of the molecule is C=CCCCCCCCCCc1ccc(COC(=O)CC2=CC(=O)NC2=O)cc1OC. The van der Waals surface area contributed by atoms with Gasteiger partial charge in [-0.2, -0.15) is 0 Å². The van der Waals surface area contributed by atoms with Gasteiger partial charge in [0.2, 0.25) is 0 Å². The number of allylic oxidation sites excluding steroid dienone is 1. The van der Waals surface area contributed by atoms with Crippen molar-refractivity contribution in [2.24, 2.45) is 0 Å². The van der Waals surface area contributed by atoms with Gasteiger partial charge in [-0.3, -0.25) is 19.7 Å². The molecule has 0 saturated carbocycles. The first-order valence-electron chi connectivity index (χ1n) is 11.0. The van der Waals surface area contributed by atoms with Crippen molar-refractivity contribution in [1.82, 2.24) is 5.32 Å². The highest BCUT2D eigenvalue weighted by Crippen LogP contribution is 2.23. The third-order valence-corrected chi connectivity index (χ3v) is 5.27. The van der Waals surface area contributed by atoms with Crippen LogP contribution in [0.5, 0.6) is 5.75 Å². The molecule has 0 fully saturated rings. The quantitative estimate of drug-likeness (QED) is 0.192. The third kappa shape index (κ3) is 8.79. The van der Waals surface area contributed by atoms with Crippen LogP contribution in [0.15, 0.2) is 42.5 Å². The fourth-order valence-electron chi connectivity index (χ4n) is 3.53. The van der Waals surface area contributed by atoms with Gasteiger partial charge in [0.25, 0.3) is 11.8 Å². The normalized spacial score (nSPS) is 13.0. The lowest BCUT2D eigenvalue weighted by molar-refractivity contribution is -0.144. The Morgan fingerprint density at radius 2 is 1.77 bits per heavy atom. The zero-order valence-electron chi connectivity index (χ0n) is 18.4. The van der Waals surface area contributed by atoms with Crippen molar-refractivity contribution >= 4 is 17.8 Å². The van der Waals surface area contributed by atoms with Crippen LogP contribution in [0.4, 0.5) is 0 Å². The average Bonchev–Trinajstić information content (AvgIpc) is 3.07. The number of carbonyl (C=O) groups excluding carboxylic acids is 3. The number of methoxy groups -OCH3 is 1. The Morgan fingerprint density at radius 1 is 1.06 bits per heavy atom. The Labute approximate surface area is 184 Å². The predicted molar refractivity (Wildman–Crippen MR) is 119 cm³/mol. The number of nitrogens with one attached hydrogen (secondary N) is 1. The molecule has 2 amide bonds. The average molecular weight is 428 g/mol. The molecule has 1 N–H and O–H groups in total. The van der Waals surface area contributed by atoms with Gasteiger partial charge in [-0.05, 0) is 42.9 Å². The smallest absolute Gasteiger partial charge is 0.310 e. The van der Waals surface area contributed by atoms with Crippen molar-refractivity contribution in [2.75, 3.05) is 7.11 Å². The van der Waals surface area contributed by atoms with Crippen LogP contribution in [-0.2, 0) is 32.1 Å². The summed E-state index contributed by atoms with van der Waals surface area (Å²) in [5.41, 5.74) is 2.09. The topological polar surface area (TPSA) is 81.7 Å². The summed E-state index contributed by atoms with van der Waals surface area (Å²) < 4.78 is 10.8. The van der Waals surface area contributed by atoms with Gasteiger partial charge in [0, 0.05) is 11.6 Å². The molecule has 0 spiro atoms. The number of esters is 1. The molecule has 6 heteroatoms. The van der Waals surface area contributed by atoms with Gasteiger partial charge in [-0.15, -0.1) is 6.58 Å². The number of ether oxygens (including phenoxy) is 2. The summed E-state index contributed by atoms with van der Waals surface area (Å²) in [5, 5.41) is 2.11. The second-order valence-electron chi connectivity index (χ2n) is 7.77. The first-order chi connectivity index (χ1) is 15.0. The third-order valence-electron chi connectivity index (χ3n) is 5.27. The molecule has 168 valence electrons. The molecule has 31 heavy (non-hydrogen) atoms. The van der Waals surface area contributed by atoms with Crippen LogP contribution in [0.1, 0.15) is 68.9 Å². The van der Waals surface area contributed by atoms with Crippen LogP contribution in [0.2, 0.25) is 0 Å². The summed E-state index contributed by atoms with van der Waals surface area (Å²) in [4.78, 5) is 34.6.